The molecule has 3 aromatic rings. The van der Waals surface area contributed by atoms with Gasteiger partial charge in [-0.05, 0) is 66.1 Å². The number of carbonyl (C=O) groups excluding carboxylic acids is 1. The molecule has 0 saturated heterocycles. The molecule has 30 heavy (non-hydrogen) atoms. The van der Waals surface area contributed by atoms with E-state index in [0.717, 1.165) is 17.7 Å². The molecular formula is C25H26FNO3. The highest BCUT2D eigenvalue weighted by atomic mass is 19.1. The average molecular weight is 407 g/mol. The lowest BCUT2D eigenvalue weighted by atomic mass is 9.97. The summed E-state index contributed by atoms with van der Waals surface area (Å²) in [6, 6.07) is 19.1. The number of ether oxygens (including phenoxy) is 2. The number of ketones is 1. The Balaban J connectivity index is 1.90. The van der Waals surface area contributed by atoms with Crippen molar-refractivity contribution < 1.29 is 18.7 Å². The lowest BCUT2D eigenvalue weighted by Crippen LogP contribution is -2.16. The van der Waals surface area contributed by atoms with Crippen LogP contribution in [0.1, 0.15) is 40.9 Å². The molecule has 0 aliphatic carbocycles. The molecule has 5 heteroatoms. The van der Waals surface area contributed by atoms with E-state index in [9.17, 15) is 9.18 Å². The molecule has 3 aromatic carbocycles. The Morgan fingerprint density at radius 1 is 0.933 bits per heavy atom. The van der Waals surface area contributed by atoms with E-state index in [1.54, 1.807) is 14.2 Å². The number of carbonyl (C=O) groups is 1. The molecule has 0 aliphatic heterocycles. The largest absolute Gasteiger partial charge is 0.493 e. The van der Waals surface area contributed by atoms with Crippen LogP contribution in [0.15, 0.2) is 66.7 Å². The third kappa shape index (κ3) is 5.17. The average Bonchev–Trinajstić information content (AvgIpc) is 2.79. The Morgan fingerprint density at radius 2 is 1.60 bits per heavy atom. The van der Waals surface area contributed by atoms with Crippen LogP contribution >= 0.6 is 0 Å². The Morgan fingerprint density at radius 3 is 2.20 bits per heavy atom. The fourth-order valence-electron chi connectivity index (χ4n) is 3.30. The molecule has 0 bridgehead atoms. The summed E-state index contributed by atoms with van der Waals surface area (Å²) >= 11 is 0. The highest BCUT2D eigenvalue weighted by Gasteiger charge is 2.19. The predicted octanol–water partition coefficient (Wildman–Crippen LogP) is 5.83. The van der Waals surface area contributed by atoms with Gasteiger partial charge in [-0.15, -0.1) is 0 Å². The fourth-order valence-corrected chi connectivity index (χ4v) is 3.30. The second-order valence-corrected chi connectivity index (χ2v) is 7.00. The van der Waals surface area contributed by atoms with Gasteiger partial charge in [-0.25, -0.2) is 4.39 Å². The molecule has 0 aliphatic rings. The van der Waals surface area contributed by atoms with Gasteiger partial charge in [0, 0.05) is 17.7 Å². The first kappa shape index (κ1) is 21.4. The molecule has 3 rings (SSSR count). The monoisotopic (exact) mass is 407 g/mol. The van der Waals surface area contributed by atoms with E-state index in [0.29, 0.717) is 17.1 Å². The SMILES string of the molecule is CCc1ccc(NC(CC(=O)c2ccc(F)cc2)c2ccc(OC)c(OC)c2)cc1. The number of benzene rings is 3. The highest BCUT2D eigenvalue weighted by Crippen LogP contribution is 2.33. The van der Waals surface area contributed by atoms with Crippen molar-refractivity contribution in [1.82, 2.24) is 0 Å². The van der Waals surface area contributed by atoms with Gasteiger partial charge in [-0.2, -0.15) is 0 Å². The number of rotatable bonds is 9. The number of methoxy groups -OCH3 is 2. The maximum absolute atomic E-state index is 13.2. The second kappa shape index (κ2) is 9.92. The zero-order valence-electron chi connectivity index (χ0n) is 17.4. The van der Waals surface area contributed by atoms with Gasteiger partial charge in [-0.3, -0.25) is 4.79 Å². The number of aryl methyl sites for hydroxylation is 1. The number of Topliss-reactive ketones (excluding diaryl/α,β-unsaturated/α-hetero) is 1. The molecule has 0 amide bonds. The summed E-state index contributed by atoms with van der Waals surface area (Å²) in [5, 5.41) is 3.46. The van der Waals surface area contributed by atoms with Gasteiger partial charge in [0.2, 0.25) is 0 Å². The molecule has 0 saturated carbocycles. The van der Waals surface area contributed by atoms with E-state index in [4.69, 9.17) is 9.47 Å². The van der Waals surface area contributed by atoms with E-state index in [2.05, 4.69) is 24.4 Å². The Hall–Kier alpha value is -3.34. The summed E-state index contributed by atoms with van der Waals surface area (Å²) in [6.07, 6.45) is 1.17. The van der Waals surface area contributed by atoms with Crippen LogP contribution in [0.5, 0.6) is 11.5 Å². The quantitative estimate of drug-likeness (QED) is 0.453. The molecule has 0 spiro atoms. The smallest absolute Gasteiger partial charge is 0.165 e. The van der Waals surface area contributed by atoms with Crippen LogP contribution in [0.4, 0.5) is 10.1 Å². The molecule has 1 atom stereocenters. The lowest BCUT2D eigenvalue weighted by molar-refractivity contribution is 0.0976. The molecule has 0 fully saturated rings. The molecule has 1 N–H and O–H groups in total. The third-order valence-corrected chi connectivity index (χ3v) is 5.07. The molecular weight excluding hydrogens is 381 g/mol. The first-order valence-corrected chi connectivity index (χ1v) is 9.90. The van der Waals surface area contributed by atoms with Crippen molar-refractivity contribution >= 4 is 11.5 Å². The van der Waals surface area contributed by atoms with Crippen LogP contribution < -0.4 is 14.8 Å². The normalized spacial score (nSPS) is 11.6. The van der Waals surface area contributed by atoms with Gasteiger partial charge >= 0.3 is 0 Å². The Labute approximate surface area is 176 Å². The van der Waals surface area contributed by atoms with Gasteiger partial charge in [0.05, 0.1) is 20.3 Å². The number of hydrogen-bond acceptors (Lipinski definition) is 4. The van der Waals surface area contributed by atoms with Crippen LogP contribution in [0.25, 0.3) is 0 Å². The zero-order valence-corrected chi connectivity index (χ0v) is 17.4. The summed E-state index contributed by atoms with van der Waals surface area (Å²) < 4.78 is 24.0. The third-order valence-electron chi connectivity index (χ3n) is 5.07. The molecule has 156 valence electrons. The van der Waals surface area contributed by atoms with Crippen molar-refractivity contribution in [2.75, 3.05) is 19.5 Å². The van der Waals surface area contributed by atoms with Crippen molar-refractivity contribution in [2.24, 2.45) is 0 Å². The van der Waals surface area contributed by atoms with E-state index in [1.807, 2.05) is 30.3 Å². The maximum atomic E-state index is 13.2. The van der Waals surface area contributed by atoms with E-state index in [-0.39, 0.29) is 24.1 Å². The van der Waals surface area contributed by atoms with Gasteiger partial charge in [-0.1, -0.05) is 25.1 Å². The topological polar surface area (TPSA) is 47.6 Å². The molecule has 0 aromatic heterocycles. The van der Waals surface area contributed by atoms with Crippen molar-refractivity contribution in [3.63, 3.8) is 0 Å². The minimum absolute atomic E-state index is 0.0764. The molecule has 1 unspecified atom stereocenters. The van der Waals surface area contributed by atoms with Gasteiger partial charge in [0.25, 0.3) is 0 Å². The van der Waals surface area contributed by atoms with Gasteiger partial charge in [0.1, 0.15) is 5.82 Å². The maximum Gasteiger partial charge on any atom is 0.165 e. The van der Waals surface area contributed by atoms with Crippen molar-refractivity contribution in [1.29, 1.82) is 0 Å². The standard InChI is InChI=1S/C25H26FNO3/c1-4-17-5-12-21(13-6-17)27-22(16-23(28)18-7-10-20(26)11-8-18)19-9-14-24(29-2)25(15-19)30-3/h5-15,22,27H,4,16H2,1-3H3. The van der Waals surface area contributed by atoms with Crippen molar-refractivity contribution in [3.05, 3.63) is 89.2 Å². The first-order valence-electron chi connectivity index (χ1n) is 9.90. The minimum atomic E-state index is -0.364. The van der Waals surface area contributed by atoms with Gasteiger partial charge in [0.15, 0.2) is 17.3 Å². The number of hydrogen-bond donors (Lipinski definition) is 1. The van der Waals surface area contributed by atoms with E-state index >= 15 is 0 Å². The predicted molar refractivity (Wildman–Crippen MR) is 117 cm³/mol. The minimum Gasteiger partial charge on any atom is -0.493 e. The van der Waals surface area contributed by atoms with Crippen LogP contribution in [0.2, 0.25) is 0 Å². The zero-order chi connectivity index (χ0) is 21.5. The van der Waals surface area contributed by atoms with Gasteiger partial charge < -0.3 is 14.8 Å². The number of halogens is 1. The summed E-state index contributed by atoms with van der Waals surface area (Å²) in [4.78, 5) is 12.9. The summed E-state index contributed by atoms with van der Waals surface area (Å²) in [5.74, 6) is 0.777. The molecule has 0 heterocycles. The Bertz CT molecular complexity index is 984. The number of anilines is 1. The molecule has 4 nitrogen and oxygen atoms in total. The first-order chi connectivity index (χ1) is 14.5. The van der Waals surface area contributed by atoms with Crippen molar-refractivity contribution in [3.8, 4) is 11.5 Å². The summed E-state index contributed by atoms with van der Waals surface area (Å²) in [7, 11) is 3.16. The van der Waals surface area contributed by atoms with Crippen LogP contribution in [-0.2, 0) is 6.42 Å². The second-order valence-electron chi connectivity index (χ2n) is 7.00. The van der Waals surface area contributed by atoms with Crippen LogP contribution in [-0.4, -0.2) is 20.0 Å². The number of nitrogens with one attached hydrogen (secondary N) is 1. The fraction of sp³-hybridized carbons (Fsp3) is 0.240. The lowest BCUT2D eigenvalue weighted by Gasteiger charge is -2.21. The van der Waals surface area contributed by atoms with E-state index < -0.39 is 0 Å². The molecule has 0 radical (unpaired) electrons. The Kier molecular flexibility index (Phi) is 7.07. The van der Waals surface area contributed by atoms with Crippen LogP contribution in [0, 0.1) is 5.82 Å². The highest BCUT2D eigenvalue weighted by molar-refractivity contribution is 5.96. The van der Waals surface area contributed by atoms with E-state index in [1.165, 1.54) is 29.8 Å². The summed E-state index contributed by atoms with van der Waals surface area (Å²) in [5.41, 5.74) is 3.53. The van der Waals surface area contributed by atoms with Crippen molar-refractivity contribution in [2.45, 2.75) is 25.8 Å². The summed E-state index contributed by atoms with van der Waals surface area (Å²) in [6.45, 7) is 2.11. The van der Waals surface area contributed by atoms with Crippen LogP contribution in [0.3, 0.4) is 0 Å².